The summed E-state index contributed by atoms with van der Waals surface area (Å²) in [4.78, 5) is 0. The Bertz CT molecular complexity index is 284. The topological polar surface area (TPSA) is 20.2 Å². The first-order valence-corrected chi connectivity index (χ1v) is 3.68. The van der Waals surface area contributed by atoms with Crippen molar-refractivity contribution in [1.29, 1.82) is 0 Å². The van der Waals surface area contributed by atoms with Crippen molar-refractivity contribution in [1.82, 2.24) is 0 Å². The molecule has 0 saturated heterocycles. The molecule has 0 fully saturated rings. The fourth-order valence-electron chi connectivity index (χ4n) is 0.618. The second-order valence-electron chi connectivity index (χ2n) is 3.08. The largest absolute Gasteiger partial charge is 0.386 e. The monoisotopic (exact) mass is 158 g/mol. The van der Waals surface area contributed by atoms with Crippen molar-refractivity contribution < 1.29 is 10.6 Å². The summed E-state index contributed by atoms with van der Waals surface area (Å²) in [7, 11) is 0. The molecule has 0 amide bonds. The Hall–Kier alpha value is -0.560. The van der Waals surface area contributed by atoms with Crippen molar-refractivity contribution >= 4 is 0 Å². The molecule has 0 aliphatic heterocycles. The van der Waals surface area contributed by atoms with Crippen LogP contribution in [0.1, 0.15) is 39.1 Å². The zero-order chi connectivity index (χ0) is 12.2. The standard InChI is InChI=1S/C10H18O/c1-5-10(4,11)8-6-7-9(2)3/h5,7,11H,1,6,8H2,2-4H3/i1D2,5D,7D. The summed E-state index contributed by atoms with van der Waals surface area (Å²) in [6.07, 6.45) is 0.544. The molecular weight excluding hydrogens is 136 g/mol. The normalized spacial score (nSPS) is 20.0. The first-order chi connectivity index (χ1) is 6.68. The average molecular weight is 158 g/mol. The summed E-state index contributed by atoms with van der Waals surface area (Å²) < 4.78 is 28.8. The lowest BCUT2D eigenvalue weighted by Gasteiger charge is -2.16. The summed E-state index contributed by atoms with van der Waals surface area (Å²) >= 11 is 0. The molecule has 0 saturated carbocycles. The van der Waals surface area contributed by atoms with Crippen LogP contribution >= 0.6 is 0 Å². The quantitative estimate of drug-likeness (QED) is 0.624. The molecule has 1 unspecified atom stereocenters. The highest BCUT2D eigenvalue weighted by atomic mass is 16.3. The van der Waals surface area contributed by atoms with Crippen molar-refractivity contribution in [3.8, 4) is 0 Å². The molecule has 0 aromatic carbocycles. The van der Waals surface area contributed by atoms with Crippen LogP contribution in [0.15, 0.2) is 24.2 Å². The van der Waals surface area contributed by atoms with Crippen LogP contribution in [-0.2, 0) is 0 Å². The Labute approximate surface area is 75.1 Å². The van der Waals surface area contributed by atoms with Gasteiger partial charge < -0.3 is 5.11 Å². The van der Waals surface area contributed by atoms with Crippen molar-refractivity contribution in [3.05, 3.63) is 24.2 Å². The molecule has 1 N–H and O–H groups in total. The SMILES string of the molecule is [2H]C([2H])=C([2H])C(C)(O)CCC([2H])=C(C)C. The Morgan fingerprint density at radius 3 is 2.91 bits per heavy atom. The molecule has 11 heavy (non-hydrogen) atoms. The third-order valence-electron chi connectivity index (χ3n) is 1.36. The van der Waals surface area contributed by atoms with Crippen molar-refractivity contribution in [2.24, 2.45) is 0 Å². The van der Waals surface area contributed by atoms with Gasteiger partial charge in [-0.3, -0.25) is 0 Å². The van der Waals surface area contributed by atoms with Crippen LogP contribution in [0.4, 0.5) is 0 Å². The Kier molecular flexibility index (Phi) is 2.03. The third kappa shape index (κ3) is 5.86. The van der Waals surface area contributed by atoms with Crippen LogP contribution in [0.5, 0.6) is 0 Å². The number of hydrogen-bond acceptors (Lipinski definition) is 1. The Morgan fingerprint density at radius 1 is 1.82 bits per heavy atom. The molecule has 0 rings (SSSR count). The van der Waals surface area contributed by atoms with E-state index in [1.807, 2.05) is 13.8 Å². The first kappa shape index (κ1) is 5.15. The Morgan fingerprint density at radius 2 is 2.45 bits per heavy atom. The van der Waals surface area contributed by atoms with Gasteiger partial charge in [-0.15, -0.1) is 6.53 Å². The van der Waals surface area contributed by atoms with Crippen molar-refractivity contribution in [3.63, 3.8) is 0 Å². The molecule has 0 heterocycles. The molecule has 0 bridgehead atoms. The van der Waals surface area contributed by atoms with E-state index < -0.39 is 18.2 Å². The van der Waals surface area contributed by atoms with Gasteiger partial charge in [-0.2, -0.15) is 0 Å². The molecule has 0 radical (unpaired) electrons. The lowest BCUT2D eigenvalue weighted by molar-refractivity contribution is 0.103. The van der Waals surface area contributed by atoms with Gasteiger partial charge in [0.05, 0.1) is 11.1 Å². The van der Waals surface area contributed by atoms with Gasteiger partial charge >= 0.3 is 0 Å². The van der Waals surface area contributed by atoms with E-state index in [9.17, 15) is 5.11 Å². The lowest BCUT2D eigenvalue weighted by atomic mass is 10.00. The molecule has 0 aliphatic rings. The van der Waals surface area contributed by atoms with Gasteiger partial charge in [0.25, 0.3) is 0 Å². The zero-order valence-electron chi connectivity index (χ0n) is 11.4. The van der Waals surface area contributed by atoms with E-state index in [1.54, 1.807) is 0 Å². The predicted molar refractivity (Wildman–Crippen MR) is 49.5 cm³/mol. The zero-order valence-corrected chi connectivity index (χ0v) is 7.36. The number of hydrogen-bond donors (Lipinski definition) is 1. The van der Waals surface area contributed by atoms with E-state index in [4.69, 9.17) is 5.48 Å². The van der Waals surface area contributed by atoms with Crippen molar-refractivity contribution in [2.45, 2.75) is 39.2 Å². The summed E-state index contributed by atoms with van der Waals surface area (Å²) in [6.45, 7) is 4.35. The molecule has 0 spiro atoms. The second kappa shape index (κ2) is 4.35. The fraction of sp³-hybridized carbons (Fsp3) is 0.600. The van der Waals surface area contributed by atoms with E-state index in [0.29, 0.717) is 12.5 Å². The summed E-state index contributed by atoms with van der Waals surface area (Å²) in [6, 6.07) is 0.0312. The highest BCUT2D eigenvalue weighted by Gasteiger charge is 2.12. The smallest absolute Gasteiger partial charge is 0.0800 e. The minimum Gasteiger partial charge on any atom is -0.386 e. The van der Waals surface area contributed by atoms with Crippen LogP contribution < -0.4 is 0 Å². The molecule has 1 atom stereocenters. The maximum absolute atomic E-state index is 9.79. The molecule has 0 aromatic rings. The highest BCUT2D eigenvalue weighted by Crippen LogP contribution is 2.13. The Balaban J connectivity index is 4.55. The fourth-order valence-corrected chi connectivity index (χ4v) is 0.618. The van der Waals surface area contributed by atoms with Crippen LogP contribution in [0.2, 0.25) is 0 Å². The van der Waals surface area contributed by atoms with E-state index in [2.05, 4.69) is 0 Å². The van der Waals surface area contributed by atoms with Gasteiger partial charge in [0.2, 0.25) is 0 Å². The summed E-state index contributed by atoms with van der Waals surface area (Å²) in [5.74, 6) is 0. The van der Waals surface area contributed by atoms with Gasteiger partial charge in [0.15, 0.2) is 0 Å². The summed E-state index contributed by atoms with van der Waals surface area (Å²) in [5.41, 5.74) is -0.612. The lowest BCUT2D eigenvalue weighted by Crippen LogP contribution is -2.19. The summed E-state index contributed by atoms with van der Waals surface area (Å²) in [5, 5.41) is 9.79. The van der Waals surface area contributed by atoms with Crippen LogP contribution in [-0.4, -0.2) is 10.7 Å². The van der Waals surface area contributed by atoms with Crippen molar-refractivity contribution in [2.75, 3.05) is 0 Å². The predicted octanol–water partition coefficient (Wildman–Crippen LogP) is 2.67. The van der Waals surface area contributed by atoms with Crippen LogP contribution in [0, 0.1) is 0 Å². The highest BCUT2D eigenvalue weighted by molar-refractivity contribution is 4.97. The van der Waals surface area contributed by atoms with Gasteiger partial charge in [-0.05, 0) is 33.6 Å². The number of allylic oxidation sites excluding steroid dienone is 2. The maximum atomic E-state index is 9.79. The van der Waals surface area contributed by atoms with Crippen LogP contribution in [0.3, 0.4) is 0 Å². The van der Waals surface area contributed by atoms with E-state index in [-0.39, 0.29) is 6.42 Å². The third-order valence-corrected chi connectivity index (χ3v) is 1.36. The van der Waals surface area contributed by atoms with Gasteiger partial charge in [0.1, 0.15) is 0 Å². The molecule has 64 valence electrons. The van der Waals surface area contributed by atoms with E-state index >= 15 is 0 Å². The van der Waals surface area contributed by atoms with Gasteiger partial charge in [-0.25, -0.2) is 0 Å². The van der Waals surface area contributed by atoms with E-state index in [0.717, 1.165) is 5.57 Å². The minimum absolute atomic E-state index is 0.192. The van der Waals surface area contributed by atoms with Gasteiger partial charge in [-0.1, -0.05) is 17.7 Å². The number of aliphatic hydroxyl groups is 1. The van der Waals surface area contributed by atoms with Gasteiger partial charge in [0, 0.05) is 0 Å². The molecule has 0 aliphatic carbocycles. The molecule has 1 nitrogen and oxygen atoms in total. The molecule has 1 heteroatoms. The van der Waals surface area contributed by atoms with E-state index in [1.165, 1.54) is 6.92 Å². The number of rotatable bonds is 4. The average Bonchev–Trinajstić information content (AvgIpc) is 2.12. The second-order valence-corrected chi connectivity index (χ2v) is 3.08. The molecular formula is C10H18O. The first-order valence-electron chi connectivity index (χ1n) is 5.68. The van der Waals surface area contributed by atoms with Crippen LogP contribution in [0.25, 0.3) is 0 Å². The molecule has 0 aromatic heterocycles. The maximum Gasteiger partial charge on any atom is 0.0800 e. The minimum atomic E-state index is -1.49.